The minimum Gasteiger partial charge on any atom is -0.461 e. The maximum absolute atomic E-state index is 12.4. The summed E-state index contributed by atoms with van der Waals surface area (Å²) >= 11 is 6.37. The molecule has 2 rings (SSSR count). The number of ketones is 1. The Bertz CT molecular complexity index is 519. The number of rotatable bonds is 4. The number of benzene rings is 1. The van der Waals surface area contributed by atoms with Crippen molar-refractivity contribution in [1.29, 1.82) is 0 Å². The van der Waals surface area contributed by atoms with Crippen molar-refractivity contribution < 1.29 is 14.3 Å². The number of carbonyl (C=O) groups excluding carboxylic acids is 2. The van der Waals surface area contributed by atoms with Crippen LogP contribution in [-0.4, -0.2) is 16.6 Å². The molecule has 3 nitrogen and oxygen atoms in total. The fraction of sp³-hybridized carbons (Fsp3) is 0.529. The third kappa shape index (κ3) is 3.65. The van der Waals surface area contributed by atoms with Crippen molar-refractivity contribution in [3.63, 3.8) is 0 Å². The highest BCUT2D eigenvalue weighted by molar-refractivity contribution is 6.24. The van der Waals surface area contributed by atoms with Gasteiger partial charge in [-0.05, 0) is 25.3 Å². The molecule has 0 heterocycles. The van der Waals surface area contributed by atoms with E-state index in [-0.39, 0.29) is 30.2 Å². The van der Waals surface area contributed by atoms with E-state index in [1.807, 2.05) is 44.2 Å². The molecule has 0 unspecified atom stereocenters. The van der Waals surface area contributed by atoms with Crippen molar-refractivity contribution in [2.45, 2.75) is 38.7 Å². The Kier molecular flexibility index (Phi) is 4.72. The van der Waals surface area contributed by atoms with Crippen molar-refractivity contribution in [3.8, 4) is 0 Å². The van der Waals surface area contributed by atoms with E-state index in [1.165, 1.54) is 0 Å². The second-order valence-electron chi connectivity index (χ2n) is 6.25. The molecule has 1 aliphatic carbocycles. The average Bonchev–Trinajstić information content (AvgIpc) is 2.74. The van der Waals surface area contributed by atoms with Gasteiger partial charge in [-0.15, -0.1) is 11.6 Å². The van der Waals surface area contributed by atoms with Gasteiger partial charge in [-0.1, -0.05) is 37.3 Å². The Morgan fingerprint density at radius 3 is 2.52 bits per heavy atom. The maximum Gasteiger partial charge on any atom is 0.310 e. The van der Waals surface area contributed by atoms with E-state index >= 15 is 0 Å². The highest BCUT2D eigenvalue weighted by Crippen LogP contribution is 2.44. The normalized spacial score (nSPS) is 25.9. The number of esters is 1. The molecular formula is C17H21ClO3. The van der Waals surface area contributed by atoms with Crippen LogP contribution in [0.4, 0.5) is 0 Å². The van der Waals surface area contributed by atoms with Gasteiger partial charge in [0.05, 0.1) is 5.92 Å². The first-order valence-corrected chi connectivity index (χ1v) is 7.60. The van der Waals surface area contributed by atoms with E-state index in [2.05, 4.69) is 0 Å². The average molecular weight is 309 g/mol. The monoisotopic (exact) mass is 308 g/mol. The van der Waals surface area contributed by atoms with Gasteiger partial charge in [0.1, 0.15) is 12.4 Å². The van der Waals surface area contributed by atoms with Crippen LogP contribution in [-0.2, 0) is 20.9 Å². The zero-order valence-corrected chi connectivity index (χ0v) is 13.4. The minimum absolute atomic E-state index is 0.0930. The number of ether oxygens (including phenoxy) is 1. The number of halogens is 1. The summed E-state index contributed by atoms with van der Waals surface area (Å²) in [5.41, 5.74) is 0.935. The van der Waals surface area contributed by atoms with E-state index in [9.17, 15) is 9.59 Å². The van der Waals surface area contributed by atoms with Crippen LogP contribution >= 0.6 is 11.6 Å². The number of Topliss-reactive ketones (excluding diaryl/α,β-unsaturated/α-hetero) is 1. The molecule has 1 aromatic rings. The van der Waals surface area contributed by atoms with Crippen LogP contribution in [0.3, 0.4) is 0 Å². The summed E-state index contributed by atoms with van der Waals surface area (Å²) in [6.07, 6.45) is 0.350. The number of hydrogen-bond acceptors (Lipinski definition) is 3. The smallest absolute Gasteiger partial charge is 0.310 e. The van der Waals surface area contributed by atoms with Gasteiger partial charge in [0, 0.05) is 17.2 Å². The zero-order valence-electron chi connectivity index (χ0n) is 12.6. The first-order chi connectivity index (χ1) is 9.80. The lowest BCUT2D eigenvalue weighted by Crippen LogP contribution is -2.35. The number of hydrogen-bond donors (Lipinski definition) is 0. The molecule has 1 saturated carbocycles. The predicted octanol–water partition coefficient (Wildman–Crippen LogP) is 3.59. The van der Waals surface area contributed by atoms with E-state index in [0.717, 1.165) is 5.56 Å². The quantitative estimate of drug-likeness (QED) is 0.630. The van der Waals surface area contributed by atoms with Crippen LogP contribution in [0.15, 0.2) is 30.3 Å². The van der Waals surface area contributed by atoms with Gasteiger partial charge in [0.15, 0.2) is 0 Å². The van der Waals surface area contributed by atoms with Crippen molar-refractivity contribution in [2.24, 2.45) is 17.8 Å². The Morgan fingerprint density at radius 1 is 1.33 bits per heavy atom. The van der Waals surface area contributed by atoms with Crippen molar-refractivity contribution >= 4 is 23.4 Å². The molecule has 3 atom stereocenters. The molecule has 0 aromatic heterocycles. The third-order valence-corrected chi connectivity index (χ3v) is 4.56. The molecule has 1 fully saturated rings. The van der Waals surface area contributed by atoms with Crippen LogP contribution in [0.5, 0.6) is 0 Å². The fourth-order valence-corrected chi connectivity index (χ4v) is 3.15. The van der Waals surface area contributed by atoms with Crippen molar-refractivity contribution in [1.82, 2.24) is 0 Å². The summed E-state index contributed by atoms with van der Waals surface area (Å²) in [5, 5.41) is 0. The lowest BCUT2D eigenvalue weighted by molar-refractivity contribution is -0.153. The summed E-state index contributed by atoms with van der Waals surface area (Å²) in [5.74, 6) is -1.18. The molecule has 0 aliphatic heterocycles. The largest absolute Gasteiger partial charge is 0.461 e. The highest BCUT2D eigenvalue weighted by atomic mass is 35.5. The Hall–Kier alpha value is -1.35. The van der Waals surface area contributed by atoms with E-state index in [0.29, 0.717) is 6.42 Å². The SMILES string of the molecule is C[C@H]1C(=O)C[C@@H](C(C)(C)Cl)[C@@H]1C(=O)OCc1ccccc1. The number of carbonyl (C=O) groups is 2. The van der Waals surface area contributed by atoms with Crippen LogP contribution in [0, 0.1) is 17.8 Å². The minimum atomic E-state index is -0.600. The van der Waals surface area contributed by atoms with Gasteiger partial charge < -0.3 is 4.74 Å². The third-order valence-electron chi connectivity index (χ3n) is 4.28. The molecule has 1 aromatic carbocycles. The van der Waals surface area contributed by atoms with Crippen molar-refractivity contribution in [3.05, 3.63) is 35.9 Å². The Morgan fingerprint density at radius 2 is 1.95 bits per heavy atom. The zero-order chi connectivity index (χ0) is 15.6. The highest BCUT2D eigenvalue weighted by Gasteiger charge is 2.50. The molecule has 21 heavy (non-hydrogen) atoms. The second-order valence-corrected chi connectivity index (χ2v) is 7.22. The van der Waals surface area contributed by atoms with Gasteiger partial charge in [-0.2, -0.15) is 0 Å². The molecule has 0 bridgehead atoms. The maximum atomic E-state index is 12.4. The van der Waals surface area contributed by atoms with Gasteiger partial charge in [0.2, 0.25) is 0 Å². The summed E-state index contributed by atoms with van der Waals surface area (Å²) in [7, 11) is 0. The lowest BCUT2D eigenvalue weighted by atomic mass is 9.82. The first-order valence-electron chi connectivity index (χ1n) is 7.23. The van der Waals surface area contributed by atoms with Crippen LogP contribution < -0.4 is 0 Å². The number of alkyl halides is 1. The topological polar surface area (TPSA) is 43.4 Å². The molecule has 0 N–H and O–H groups in total. The summed E-state index contributed by atoms with van der Waals surface area (Å²) < 4.78 is 5.41. The van der Waals surface area contributed by atoms with Crippen LogP contribution in [0.25, 0.3) is 0 Å². The summed E-state index contributed by atoms with van der Waals surface area (Å²) in [6.45, 7) is 5.72. The lowest BCUT2D eigenvalue weighted by Gasteiger charge is -2.29. The van der Waals surface area contributed by atoms with Gasteiger partial charge in [-0.3, -0.25) is 9.59 Å². The summed E-state index contributed by atoms with van der Waals surface area (Å²) in [4.78, 5) is 23.8. The standard InChI is InChI=1S/C17H21ClO3/c1-11-14(19)9-13(17(2,3)18)15(11)16(20)21-10-12-7-5-4-6-8-12/h4-8,11,13,15H,9-10H2,1-3H3/t11-,13+,15+/m0/s1. The molecule has 0 saturated heterocycles. The molecule has 0 amide bonds. The fourth-order valence-electron chi connectivity index (χ4n) is 2.94. The van der Waals surface area contributed by atoms with E-state index in [4.69, 9.17) is 16.3 Å². The van der Waals surface area contributed by atoms with Gasteiger partial charge in [-0.25, -0.2) is 0 Å². The van der Waals surface area contributed by atoms with Gasteiger partial charge >= 0.3 is 5.97 Å². The molecule has 1 aliphatic rings. The van der Waals surface area contributed by atoms with Crippen LogP contribution in [0.2, 0.25) is 0 Å². The van der Waals surface area contributed by atoms with Crippen molar-refractivity contribution in [2.75, 3.05) is 0 Å². The molecule has 114 valence electrons. The van der Waals surface area contributed by atoms with E-state index < -0.39 is 10.8 Å². The predicted molar refractivity (Wildman–Crippen MR) is 81.9 cm³/mol. The second kappa shape index (κ2) is 6.18. The van der Waals surface area contributed by atoms with E-state index in [1.54, 1.807) is 6.92 Å². The molecule has 4 heteroatoms. The molecule has 0 radical (unpaired) electrons. The van der Waals surface area contributed by atoms with Crippen LogP contribution in [0.1, 0.15) is 32.8 Å². The Balaban J connectivity index is 2.07. The Labute approximate surface area is 130 Å². The molecule has 0 spiro atoms. The summed E-state index contributed by atoms with van der Waals surface area (Å²) in [6, 6.07) is 9.51. The van der Waals surface area contributed by atoms with Gasteiger partial charge in [0.25, 0.3) is 0 Å². The molecular weight excluding hydrogens is 288 g/mol. The first kappa shape index (κ1) is 16.0.